The van der Waals surface area contributed by atoms with E-state index in [0.29, 0.717) is 11.1 Å². The van der Waals surface area contributed by atoms with Crippen LogP contribution in [0.5, 0.6) is 11.5 Å². The number of carbonyl (C=O) groups excluding carboxylic acids is 1. The van der Waals surface area contributed by atoms with E-state index in [2.05, 4.69) is 0 Å². The molecule has 0 amide bonds. The molecule has 2 aromatic rings. The predicted octanol–water partition coefficient (Wildman–Crippen LogP) is 1.32. The summed E-state index contributed by atoms with van der Waals surface area (Å²) in [6.07, 6.45) is 0.269. The summed E-state index contributed by atoms with van der Waals surface area (Å²) in [6, 6.07) is 4.57. The average Bonchev–Trinajstić information content (AvgIpc) is 2.28. The van der Waals surface area contributed by atoms with Gasteiger partial charge in [-0.15, -0.1) is 0 Å². The second kappa shape index (κ2) is 3.69. The number of hydrogen-bond acceptors (Lipinski definition) is 5. The van der Waals surface area contributed by atoms with Gasteiger partial charge in [-0.1, -0.05) is 0 Å². The van der Waals surface area contributed by atoms with Crippen molar-refractivity contribution in [1.29, 1.82) is 0 Å². The van der Waals surface area contributed by atoms with Crippen LogP contribution in [0.2, 0.25) is 0 Å². The number of fused-ring (bicyclic) bond motifs is 1. The second-order valence-electron chi connectivity index (χ2n) is 3.13. The molecule has 0 atom stereocenters. The molecule has 0 aliphatic carbocycles. The zero-order valence-electron chi connectivity index (χ0n) is 8.39. The number of hydrogen-bond donors (Lipinski definition) is 1. The van der Waals surface area contributed by atoms with Gasteiger partial charge in [-0.05, 0) is 12.1 Å². The summed E-state index contributed by atoms with van der Waals surface area (Å²) in [5, 5.41) is 9.96. The Morgan fingerprint density at radius 1 is 1.44 bits per heavy atom. The van der Waals surface area contributed by atoms with Crippen LogP contribution in [0.4, 0.5) is 0 Å². The maximum Gasteiger partial charge on any atom is 0.350 e. The van der Waals surface area contributed by atoms with Crippen LogP contribution in [-0.2, 0) is 0 Å². The van der Waals surface area contributed by atoms with Crippen molar-refractivity contribution in [3.8, 4) is 11.5 Å². The SMILES string of the molecule is COc1ccc2c(O)c(C=O)c(=O)oc2c1. The molecule has 5 heteroatoms. The van der Waals surface area contributed by atoms with Gasteiger partial charge in [-0.2, -0.15) is 0 Å². The number of rotatable bonds is 2. The summed E-state index contributed by atoms with van der Waals surface area (Å²) in [5.74, 6) is 0.123. The van der Waals surface area contributed by atoms with Crippen LogP contribution >= 0.6 is 0 Å². The number of methoxy groups -OCH3 is 1. The lowest BCUT2D eigenvalue weighted by Gasteiger charge is -2.03. The third-order valence-electron chi connectivity index (χ3n) is 2.24. The fourth-order valence-electron chi connectivity index (χ4n) is 1.41. The van der Waals surface area contributed by atoms with E-state index in [1.807, 2.05) is 0 Å². The molecule has 0 aliphatic rings. The van der Waals surface area contributed by atoms with Gasteiger partial charge in [-0.3, -0.25) is 4.79 Å². The molecule has 0 unspecified atom stereocenters. The molecule has 0 fully saturated rings. The highest BCUT2D eigenvalue weighted by Gasteiger charge is 2.13. The lowest BCUT2D eigenvalue weighted by Crippen LogP contribution is -2.06. The highest BCUT2D eigenvalue weighted by Crippen LogP contribution is 2.28. The molecule has 0 spiro atoms. The van der Waals surface area contributed by atoms with Crippen LogP contribution in [-0.4, -0.2) is 18.5 Å². The predicted molar refractivity (Wildman–Crippen MR) is 56.1 cm³/mol. The van der Waals surface area contributed by atoms with E-state index < -0.39 is 5.63 Å². The van der Waals surface area contributed by atoms with E-state index in [1.54, 1.807) is 6.07 Å². The molecular formula is C11H8O5. The van der Waals surface area contributed by atoms with Gasteiger partial charge in [0.15, 0.2) is 6.29 Å². The fraction of sp³-hybridized carbons (Fsp3) is 0.0909. The Labute approximate surface area is 89.9 Å². The maximum atomic E-state index is 11.3. The Balaban J connectivity index is 2.87. The Hall–Kier alpha value is -2.30. The third kappa shape index (κ3) is 1.42. The number of carbonyl (C=O) groups is 1. The molecule has 0 aliphatic heterocycles. The summed E-state index contributed by atoms with van der Waals surface area (Å²) in [5.41, 5.74) is -1.07. The van der Waals surface area contributed by atoms with Crippen molar-refractivity contribution in [1.82, 2.24) is 0 Å². The molecule has 16 heavy (non-hydrogen) atoms. The molecule has 0 saturated heterocycles. The van der Waals surface area contributed by atoms with Crippen LogP contribution in [0.25, 0.3) is 11.0 Å². The van der Waals surface area contributed by atoms with Gasteiger partial charge in [-0.25, -0.2) is 4.79 Å². The summed E-state index contributed by atoms with van der Waals surface area (Å²) >= 11 is 0. The van der Waals surface area contributed by atoms with E-state index in [9.17, 15) is 14.7 Å². The van der Waals surface area contributed by atoms with Gasteiger partial charge in [0.25, 0.3) is 0 Å². The number of aldehydes is 1. The Morgan fingerprint density at radius 2 is 2.19 bits per heavy atom. The summed E-state index contributed by atoms with van der Waals surface area (Å²) in [6.45, 7) is 0. The van der Waals surface area contributed by atoms with Gasteiger partial charge in [0.1, 0.15) is 22.6 Å². The lowest BCUT2D eigenvalue weighted by molar-refractivity contribution is 0.111. The molecular weight excluding hydrogens is 212 g/mol. The molecule has 1 aromatic heterocycles. The molecule has 1 aromatic carbocycles. The zero-order chi connectivity index (χ0) is 11.7. The maximum absolute atomic E-state index is 11.3. The molecule has 0 bridgehead atoms. The minimum absolute atomic E-state index is 0.174. The Kier molecular flexibility index (Phi) is 2.36. The molecule has 0 radical (unpaired) electrons. The molecule has 1 heterocycles. The fourth-order valence-corrected chi connectivity index (χ4v) is 1.41. The summed E-state index contributed by atoms with van der Waals surface area (Å²) < 4.78 is 9.83. The van der Waals surface area contributed by atoms with E-state index in [0.717, 1.165) is 0 Å². The highest BCUT2D eigenvalue weighted by atomic mass is 16.5. The lowest BCUT2D eigenvalue weighted by atomic mass is 10.1. The minimum atomic E-state index is -0.867. The standard InChI is InChI=1S/C11H8O5/c1-15-6-2-3-7-9(4-6)16-11(14)8(5-12)10(7)13/h2-5,13H,1H3. The van der Waals surface area contributed by atoms with Gasteiger partial charge in [0, 0.05) is 6.07 Å². The summed E-state index contributed by atoms with van der Waals surface area (Å²) in [7, 11) is 1.47. The minimum Gasteiger partial charge on any atom is -0.506 e. The number of ether oxygens (including phenoxy) is 1. The number of benzene rings is 1. The highest BCUT2D eigenvalue weighted by molar-refractivity contribution is 5.92. The topological polar surface area (TPSA) is 76.7 Å². The van der Waals surface area contributed by atoms with Gasteiger partial charge < -0.3 is 14.3 Å². The first-order valence-electron chi connectivity index (χ1n) is 4.46. The van der Waals surface area contributed by atoms with Crippen molar-refractivity contribution >= 4 is 17.3 Å². The van der Waals surface area contributed by atoms with Crippen LogP contribution in [0.1, 0.15) is 10.4 Å². The van der Waals surface area contributed by atoms with Crippen LogP contribution in [0, 0.1) is 0 Å². The largest absolute Gasteiger partial charge is 0.506 e. The van der Waals surface area contributed by atoms with Gasteiger partial charge in [0.05, 0.1) is 12.5 Å². The van der Waals surface area contributed by atoms with E-state index in [-0.39, 0.29) is 23.2 Å². The van der Waals surface area contributed by atoms with Gasteiger partial charge in [0.2, 0.25) is 0 Å². The van der Waals surface area contributed by atoms with Crippen LogP contribution < -0.4 is 10.4 Å². The van der Waals surface area contributed by atoms with Crippen LogP contribution in [0.15, 0.2) is 27.4 Å². The molecule has 1 N–H and O–H groups in total. The quantitative estimate of drug-likeness (QED) is 0.610. The van der Waals surface area contributed by atoms with Crippen molar-refractivity contribution < 1.29 is 19.1 Å². The number of aromatic hydroxyl groups is 1. The third-order valence-corrected chi connectivity index (χ3v) is 2.24. The van der Waals surface area contributed by atoms with Crippen molar-refractivity contribution in [2.75, 3.05) is 7.11 Å². The first-order valence-corrected chi connectivity index (χ1v) is 4.46. The van der Waals surface area contributed by atoms with E-state index in [1.165, 1.54) is 19.2 Å². The van der Waals surface area contributed by atoms with Crippen molar-refractivity contribution in [3.05, 3.63) is 34.2 Å². The van der Waals surface area contributed by atoms with Crippen molar-refractivity contribution in [2.45, 2.75) is 0 Å². The summed E-state index contributed by atoms with van der Waals surface area (Å²) in [4.78, 5) is 21.9. The monoisotopic (exact) mass is 220 g/mol. The van der Waals surface area contributed by atoms with E-state index >= 15 is 0 Å². The van der Waals surface area contributed by atoms with E-state index in [4.69, 9.17) is 9.15 Å². The normalized spacial score (nSPS) is 10.3. The first kappa shape index (κ1) is 10.2. The van der Waals surface area contributed by atoms with Crippen molar-refractivity contribution in [3.63, 3.8) is 0 Å². The molecule has 2 rings (SSSR count). The zero-order valence-corrected chi connectivity index (χ0v) is 8.39. The smallest absolute Gasteiger partial charge is 0.350 e. The molecule has 0 saturated carbocycles. The van der Waals surface area contributed by atoms with Crippen molar-refractivity contribution in [2.24, 2.45) is 0 Å². The van der Waals surface area contributed by atoms with Crippen LogP contribution in [0.3, 0.4) is 0 Å². The molecule has 5 nitrogen and oxygen atoms in total. The first-order chi connectivity index (χ1) is 7.67. The second-order valence-corrected chi connectivity index (χ2v) is 3.13. The Bertz CT molecular complexity index is 612. The van der Waals surface area contributed by atoms with Gasteiger partial charge >= 0.3 is 5.63 Å². The Morgan fingerprint density at radius 3 is 2.81 bits per heavy atom. The average molecular weight is 220 g/mol. The molecule has 82 valence electrons.